The molecule has 2 atom stereocenters. The van der Waals surface area contributed by atoms with Crippen molar-refractivity contribution in [2.45, 2.75) is 38.8 Å². The highest BCUT2D eigenvalue weighted by Gasteiger charge is 2.26. The van der Waals surface area contributed by atoms with Gasteiger partial charge in [-0.15, -0.1) is 0 Å². The van der Waals surface area contributed by atoms with Crippen molar-refractivity contribution in [3.05, 3.63) is 28.8 Å². The predicted molar refractivity (Wildman–Crippen MR) is 66.9 cm³/mol. The Morgan fingerprint density at radius 3 is 2.94 bits per heavy atom. The number of rotatable bonds is 2. The highest BCUT2D eigenvalue weighted by Crippen LogP contribution is 2.36. The van der Waals surface area contributed by atoms with Gasteiger partial charge in [0.05, 0.1) is 0 Å². The molecule has 1 unspecified atom stereocenters. The van der Waals surface area contributed by atoms with E-state index in [1.165, 1.54) is 0 Å². The van der Waals surface area contributed by atoms with Gasteiger partial charge in [-0.05, 0) is 30.5 Å². The quantitative estimate of drug-likeness (QED) is 0.857. The third kappa shape index (κ3) is 2.50. The molecule has 1 aliphatic rings. The lowest BCUT2D eigenvalue weighted by Gasteiger charge is -2.31. The van der Waals surface area contributed by atoms with Crippen LogP contribution >= 0.6 is 11.6 Å². The van der Waals surface area contributed by atoms with E-state index in [2.05, 4.69) is 13.8 Å². The summed E-state index contributed by atoms with van der Waals surface area (Å²) in [5.41, 5.74) is 7.18. The Hall–Kier alpha value is -0.730. The number of fused-ring (bicyclic) bond motifs is 1. The average Bonchev–Trinajstić information content (AvgIpc) is 2.18. The monoisotopic (exact) mass is 239 g/mol. The first kappa shape index (κ1) is 11.7. The molecule has 2 nitrogen and oxygen atoms in total. The summed E-state index contributed by atoms with van der Waals surface area (Å²) < 4.78 is 5.93. The average molecular weight is 240 g/mol. The van der Waals surface area contributed by atoms with Crippen LogP contribution in [0.25, 0.3) is 0 Å². The second-order valence-electron chi connectivity index (χ2n) is 4.89. The second-order valence-corrected chi connectivity index (χ2v) is 5.33. The van der Waals surface area contributed by atoms with Crippen molar-refractivity contribution in [3.63, 3.8) is 0 Å². The van der Waals surface area contributed by atoms with E-state index >= 15 is 0 Å². The first-order valence-corrected chi connectivity index (χ1v) is 6.15. The Morgan fingerprint density at radius 1 is 1.50 bits per heavy atom. The standard InChI is InChI=1S/C13H18ClNO/c1-8(2)5-10-7-12(15)11-6-9(14)3-4-13(11)16-10/h3-4,6,8,10,12H,5,7,15H2,1-2H3/t10?,12-/m0/s1. The van der Waals surface area contributed by atoms with Crippen molar-refractivity contribution in [1.82, 2.24) is 0 Å². The normalized spacial score (nSPS) is 24.1. The van der Waals surface area contributed by atoms with Crippen LogP contribution in [0.5, 0.6) is 5.75 Å². The molecule has 0 spiro atoms. The van der Waals surface area contributed by atoms with E-state index in [9.17, 15) is 0 Å². The van der Waals surface area contributed by atoms with Gasteiger partial charge in [0, 0.05) is 23.0 Å². The summed E-state index contributed by atoms with van der Waals surface area (Å²) in [7, 11) is 0. The zero-order chi connectivity index (χ0) is 11.7. The van der Waals surface area contributed by atoms with Crippen molar-refractivity contribution in [1.29, 1.82) is 0 Å². The van der Waals surface area contributed by atoms with Crippen LogP contribution in [0.2, 0.25) is 5.02 Å². The molecule has 1 aromatic carbocycles. The summed E-state index contributed by atoms with van der Waals surface area (Å²) in [6, 6.07) is 5.73. The van der Waals surface area contributed by atoms with E-state index in [-0.39, 0.29) is 12.1 Å². The van der Waals surface area contributed by atoms with Gasteiger partial charge in [0.1, 0.15) is 11.9 Å². The Morgan fingerprint density at radius 2 is 2.25 bits per heavy atom. The zero-order valence-corrected chi connectivity index (χ0v) is 10.5. The van der Waals surface area contributed by atoms with Crippen molar-refractivity contribution >= 4 is 11.6 Å². The van der Waals surface area contributed by atoms with Crippen LogP contribution in [0.3, 0.4) is 0 Å². The first-order chi connectivity index (χ1) is 7.56. The van der Waals surface area contributed by atoms with E-state index in [1.54, 1.807) is 0 Å². The third-order valence-corrected chi connectivity index (χ3v) is 3.15. The minimum atomic E-state index is 0.0474. The Labute approximate surface area is 102 Å². The summed E-state index contributed by atoms with van der Waals surface area (Å²) in [4.78, 5) is 0. The molecule has 0 aromatic heterocycles. The highest BCUT2D eigenvalue weighted by molar-refractivity contribution is 6.30. The van der Waals surface area contributed by atoms with Gasteiger partial charge in [0.15, 0.2) is 0 Å². The minimum absolute atomic E-state index is 0.0474. The lowest BCUT2D eigenvalue weighted by Crippen LogP contribution is -2.30. The smallest absolute Gasteiger partial charge is 0.124 e. The van der Waals surface area contributed by atoms with Crippen molar-refractivity contribution in [2.75, 3.05) is 0 Å². The molecule has 0 fully saturated rings. The number of halogens is 1. The number of hydrogen-bond donors (Lipinski definition) is 1. The van der Waals surface area contributed by atoms with Gasteiger partial charge in [-0.2, -0.15) is 0 Å². The lowest BCUT2D eigenvalue weighted by molar-refractivity contribution is 0.136. The molecular formula is C13H18ClNO. The lowest BCUT2D eigenvalue weighted by atomic mass is 9.93. The maximum atomic E-state index is 6.14. The predicted octanol–water partition coefficient (Wildman–Crippen LogP) is 3.54. The van der Waals surface area contributed by atoms with Gasteiger partial charge in [-0.3, -0.25) is 0 Å². The van der Waals surface area contributed by atoms with E-state index in [1.807, 2.05) is 18.2 Å². The molecular weight excluding hydrogens is 222 g/mol. The number of nitrogens with two attached hydrogens (primary N) is 1. The van der Waals surface area contributed by atoms with Crippen molar-refractivity contribution in [2.24, 2.45) is 11.7 Å². The number of benzene rings is 1. The molecule has 0 saturated heterocycles. The van der Waals surface area contributed by atoms with Gasteiger partial charge in [0.25, 0.3) is 0 Å². The van der Waals surface area contributed by atoms with Gasteiger partial charge in [-0.25, -0.2) is 0 Å². The SMILES string of the molecule is CC(C)CC1C[C@H](N)c2cc(Cl)ccc2O1. The molecule has 2 rings (SSSR count). The second kappa shape index (κ2) is 4.64. The first-order valence-electron chi connectivity index (χ1n) is 5.78. The van der Waals surface area contributed by atoms with Crippen molar-refractivity contribution in [3.8, 4) is 5.75 Å². The van der Waals surface area contributed by atoms with Crippen LogP contribution in [0, 0.1) is 5.92 Å². The van der Waals surface area contributed by atoms with Gasteiger partial charge >= 0.3 is 0 Å². The van der Waals surface area contributed by atoms with Crippen LogP contribution in [0.1, 0.15) is 38.3 Å². The maximum Gasteiger partial charge on any atom is 0.124 e. The summed E-state index contributed by atoms with van der Waals surface area (Å²) in [6.45, 7) is 4.40. The van der Waals surface area contributed by atoms with Crippen LogP contribution in [-0.2, 0) is 0 Å². The van der Waals surface area contributed by atoms with Crippen molar-refractivity contribution < 1.29 is 4.74 Å². The summed E-state index contributed by atoms with van der Waals surface area (Å²) in [6.07, 6.45) is 2.17. The Balaban J connectivity index is 2.20. The Bertz CT molecular complexity index is 378. The molecule has 1 aromatic rings. The molecule has 16 heavy (non-hydrogen) atoms. The molecule has 0 amide bonds. The van der Waals surface area contributed by atoms with Gasteiger partial charge in [-0.1, -0.05) is 25.4 Å². The Kier molecular flexibility index (Phi) is 3.41. The number of ether oxygens (including phenoxy) is 1. The molecule has 88 valence electrons. The maximum absolute atomic E-state index is 6.14. The van der Waals surface area contributed by atoms with E-state index in [0.29, 0.717) is 5.92 Å². The number of hydrogen-bond acceptors (Lipinski definition) is 2. The van der Waals surface area contributed by atoms with E-state index in [0.717, 1.165) is 29.2 Å². The summed E-state index contributed by atoms with van der Waals surface area (Å²) in [5, 5.41) is 0.722. The molecule has 0 saturated carbocycles. The van der Waals surface area contributed by atoms with Gasteiger partial charge in [0.2, 0.25) is 0 Å². The fourth-order valence-corrected chi connectivity index (χ4v) is 2.40. The molecule has 1 aliphatic heterocycles. The third-order valence-electron chi connectivity index (χ3n) is 2.92. The zero-order valence-electron chi connectivity index (χ0n) is 9.74. The molecule has 0 bridgehead atoms. The topological polar surface area (TPSA) is 35.2 Å². The molecule has 1 heterocycles. The summed E-state index contributed by atoms with van der Waals surface area (Å²) >= 11 is 5.95. The summed E-state index contributed by atoms with van der Waals surface area (Å²) in [5.74, 6) is 1.53. The van der Waals surface area contributed by atoms with Crippen LogP contribution in [0.4, 0.5) is 0 Å². The molecule has 0 radical (unpaired) electrons. The minimum Gasteiger partial charge on any atom is -0.490 e. The fourth-order valence-electron chi connectivity index (χ4n) is 2.22. The molecule has 3 heteroatoms. The fraction of sp³-hybridized carbons (Fsp3) is 0.538. The van der Waals surface area contributed by atoms with Crippen LogP contribution in [0.15, 0.2) is 18.2 Å². The largest absolute Gasteiger partial charge is 0.490 e. The van der Waals surface area contributed by atoms with Crippen LogP contribution < -0.4 is 10.5 Å². The molecule has 0 aliphatic carbocycles. The van der Waals surface area contributed by atoms with E-state index < -0.39 is 0 Å². The highest BCUT2D eigenvalue weighted by atomic mass is 35.5. The van der Waals surface area contributed by atoms with E-state index in [4.69, 9.17) is 22.1 Å². The van der Waals surface area contributed by atoms with Crippen LogP contribution in [-0.4, -0.2) is 6.10 Å². The molecule has 2 N–H and O–H groups in total. The van der Waals surface area contributed by atoms with Gasteiger partial charge < -0.3 is 10.5 Å².